The van der Waals surface area contributed by atoms with E-state index in [0.29, 0.717) is 13.0 Å². The molecule has 0 heterocycles. The third-order valence-corrected chi connectivity index (χ3v) is 13.9. The van der Waals surface area contributed by atoms with Gasteiger partial charge in [0, 0.05) is 6.42 Å². The van der Waals surface area contributed by atoms with Crippen LogP contribution in [0.25, 0.3) is 0 Å². The van der Waals surface area contributed by atoms with Crippen molar-refractivity contribution in [2.45, 2.75) is 361 Å². The van der Waals surface area contributed by atoms with Gasteiger partial charge in [-0.05, 0) is 38.5 Å². The van der Waals surface area contributed by atoms with E-state index in [-0.39, 0.29) is 5.97 Å². The van der Waals surface area contributed by atoms with Gasteiger partial charge in [0.25, 0.3) is 0 Å². The van der Waals surface area contributed by atoms with Crippen LogP contribution in [0.3, 0.4) is 0 Å². The topological polar surface area (TPSA) is 26.3 Å². The smallest absolute Gasteiger partial charge is 0.305 e. The third-order valence-electron chi connectivity index (χ3n) is 13.9. The zero-order valence-corrected chi connectivity index (χ0v) is 43.4. The van der Waals surface area contributed by atoms with Gasteiger partial charge in [-0.25, -0.2) is 0 Å². The maximum atomic E-state index is 12.1. The summed E-state index contributed by atoms with van der Waals surface area (Å²) in [5.41, 5.74) is 0. The quantitative estimate of drug-likeness (QED) is 0.0346. The Morgan fingerprint density at radius 2 is 0.452 bits per heavy atom. The zero-order valence-electron chi connectivity index (χ0n) is 43.4. The lowest BCUT2D eigenvalue weighted by Crippen LogP contribution is -2.05. The molecule has 0 aliphatic carbocycles. The summed E-state index contributed by atoms with van der Waals surface area (Å²) < 4.78 is 5.51. The maximum Gasteiger partial charge on any atom is 0.305 e. The normalized spacial score (nSPS) is 11.7. The molecule has 0 atom stereocenters. The van der Waals surface area contributed by atoms with Gasteiger partial charge in [-0.2, -0.15) is 0 Å². The molecule has 370 valence electrons. The molecule has 0 saturated carbocycles. The van der Waals surface area contributed by atoms with Crippen LogP contribution in [0.15, 0.2) is 12.2 Å². The Balaban J connectivity index is 3.15. The number of esters is 1. The minimum Gasteiger partial charge on any atom is -0.466 e. The van der Waals surface area contributed by atoms with Crippen LogP contribution in [0.1, 0.15) is 361 Å². The summed E-state index contributed by atoms with van der Waals surface area (Å²) in [7, 11) is 0. The first-order chi connectivity index (χ1) is 30.8. The van der Waals surface area contributed by atoms with Gasteiger partial charge in [0.1, 0.15) is 0 Å². The van der Waals surface area contributed by atoms with Crippen LogP contribution in [0.4, 0.5) is 0 Å². The van der Waals surface area contributed by atoms with Gasteiger partial charge in [0.05, 0.1) is 6.61 Å². The SMILES string of the molecule is CCCCCCCC/C=C\CCCCCCCCCCCCOC(=O)CCCCCCCCCCCCCCCCCCCCCCCCCCCCCCCCCCCCC. The van der Waals surface area contributed by atoms with Crippen molar-refractivity contribution in [2.24, 2.45) is 0 Å². The predicted molar refractivity (Wildman–Crippen MR) is 281 cm³/mol. The van der Waals surface area contributed by atoms with E-state index in [9.17, 15) is 4.79 Å². The number of allylic oxidation sites excluding steroid dienone is 2. The van der Waals surface area contributed by atoms with E-state index in [1.165, 1.54) is 327 Å². The summed E-state index contributed by atoms with van der Waals surface area (Å²) in [6.45, 7) is 5.23. The zero-order chi connectivity index (χ0) is 44.6. The summed E-state index contributed by atoms with van der Waals surface area (Å²) in [6, 6.07) is 0. The molecule has 0 radical (unpaired) electrons. The standard InChI is InChI=1S/C60H118O2/c1-3-5-7-9-11-13-15-17-19-21-23-25-26-27-28-29-30-31-32-33-34-35-36-37-38-39-40-42-44-46-48-50-52-54-56-58-60(61)62-59-57-55-53-51-49-47-45-43-41-24-22-20-18-16-14-12-10-8-6-4-2/h18,20H,3-17,19,21-59H2,1-2H3/b20-18-. The minimum atomic E-state index is 0.0318. The van der Waals surface area contributed by atoms with Gasteiger partial charge >= 0.3 is 5.97 Å². The van der Waals surface area contributed by atoms with Crippen molar-refractivity contribution in [3.63, 3.8) is 0 Å². The molecule has 0 aromatic rings. The number of hydrogen-bond acceptors (Lipinski definition) is 2. The summed E-state index contributed by atoms with van der Waals surface area (Å²) in [4.78, 5) is 12.1. The fourth-order valence-electron chi connectivity index (χ4n) is 9.49. The molecular formula is C60H118O2. The second-order valence-corrected chi connectivity index (χ2v) is 20.3. The van der Waals surface area contributed by atoms with Crippen LogP contribution in [-0.2, 0) is 9.53 Å². The second kappa shape index (κ2) is 58.2. The summed E-state index contributed by atoms with van der Waals surface area (Å²) in [5, 5.41) is 0. The first kappa shape index (κ1) is 61.2. The fourth-order valence-corrected chi connectivity index (χ4v) is 9.49. The number of unbranched alkanes of at least 4 members (excludes halogenated alkanes) is 50. The molecule has 0 aliphatic rings. The van der Waals surface area contributed by atoms with E-state index >= 15 is 0 Å². The summed E-state index contributed by atoms with van der Waals surface area (Å²) in [5.74, 6) is 0.0318. The Bertz CT molecular complexity index is 818. The molecule has 0 aromatic heterocycles. The molecule has 2 heteroatoms. The lowest BCUT2D eigenvalue weighted by molar-refractivity contribution is -0.143. The summed E-state index contributed by atoms with van der Waals surface area (Å²) >= 11 is 0. The van der Waals surface area contributed by atoms with Crippen molar-refractivity contribution >= 4 is 5.97 Å². The van der Waals surface area contributed by atoms with Crippen molar-refractivity contribution in [1.82, 2.24) is 0 Å². The van der Waals surface area contributed by atoms with Crippen LogP contribution in [0.5, 0.6) is 0 Å². The van der Waals surface area contributed by atoms with Crippen LogP contribution in [0, 0.1) is 0 Å². The number of carbonyl (C=O) groups is 1. The molecule has 2 nitrogen and oxygen atoms in total. The highest BCUT2D eigenvalue weighted by Gasteiger charge is 2.03. The van der Waals surface area contributed by atoms with Gasteiger partial charge < -0.3 is 4.74 Å². The van der Waals surface area contributed by atoms with Crippen molar-refractivity contribution < 1.29 is 9.53 Å². The van der Waals surface area contributed by atoms with Crippen LogP contribution >= 0.6 is 0 Å². The largest absolute Gasteiger partial charge is 0.466 e. The average Bonchev–Trinajstić information content (AvgIpc) is 3.28. The van der Waals surface area contributed by atoms with Crippen molar-refractivity contribution in [3.05, 3.63) is 12.2 Å². The van der Waals surface area contributed by atoms with Crippen LogP contribution in [0.2, 0.25) is 0 Å². The molecule has 0 unspecified atom stereocenters. The highest BCUT2D eigenvalue weighted by Crippen LogP contribution is 2.18. The number of hydrogen-bond donors (Lipinski definition) is 0. The molecule has 0 saturated heterocycles. The molecule has 62 heavy (non-hydrogen) atoms. The van der Waals surface area contributed by atoms with Gasteiger partial charge in [-0.15, -0.1) is 0 Å². The molecule has 0 fully saturated rings. The van der Waals surface area contributed by atoms with Gasteiger partial charge in [-0.1, -0.05) is 328 Å². The van der Waals surface area contributed by atoms with E-state index in [0.717, 1.165) is 12.8 Å². The molecule has 0 spiro atoms. The highest BCUT2D eigenvalue weighted by atomic mass is 16.5. The molecule has 0 aliphatic heterocycles. The molecule has 0 aromatic carbocycles. The lowest BCUT2D eigenvalue weighted by atomic mass is 10.0. The summed E-state index contributed by atoms with van der Waals surface area (Å²) in [6.07, 6.45) is 79.8. The molecule has 0 amide bonds. The lowest BCUT2D eigenvalue weighted by Gasteiger charge is -2.06. The number of carbonyl (C=O) groups excluding carboxylic acids is 1. The Kier molecular flexibility index (Phi) is 57.5. The fraction of sp³-hybridized carbons (Fsp3) is 0.950. The van der Waals surface area contributed by atoms with E-state index in [1.807, 2.05) is 0 Å². The predicted octanol–water partition coefficient (Wildman–Crippen LogP) is 22.2. The van der Waals surface area contributed by atoms with Crippen LogP contribution in [-0.4, -0.2) is 12.6 Å². The average molecular weight is 872 g/mol. The Morgan fingerprint density at radius 3 is 0.694 bits per heavy atom. The monoisotopic (exact) mass is 871 g/mol. The van der Waals surface area contributed by atoms with Gasteiger partial charge in [0.2, 0.25) is 0 Å². The van der Waals surface area contributed by atoms with Gasteiger partial charge in [-0.3, -0.25) is 4.79 Å². The number of ether oxygens (including phenoxy) is 1. The van der Waals surface area contributed by atoms with Gasteiger partial charge in [0.15, 0.2) is 0 Å². The van der Waals surface area contributed by atoms with Crippen LogP contribution < -0.4 is 0 Å². The van der Waals surface area contributed by atoms with Crippen molar-refractivity contribution in [3.8, 4) is 0 Å². The van der Waals surface area contributed by atoms with Crippen molar-refractivity contribution in [2.75, 3.05) is 6.61 Å². The van der Waals surface area contributed by atoms with E-state index in [4.69, 9.17) is 4.74 Å². The van der Waals surface area contributed by atoms with E-state index in [2.05, 4.69) is 26.0 Å². The Labute approximate surface area is 393 Å². The maximum absolute atomic E-state index is 12.1. The molecule has 0 bridgehead atoms. The first-order valence-electron chi connectivity index (χ1n) is 29.6. The van der Waals surface area contributed by atoms with Crippen molar-refractivity contribution in [1.29, 1.82) is 0 Å². The van der Waals surface area contributed by atoms with E-state index in [1.54, 1.807) is 0 Å². The highest BCUT2D eigenvalue weighted by molar-refractivity contribution is 5.69. The van der Waals surface area contributed by atoms with E-state index < -0.39 is 0 Å². The third kappa shape index (κ3) is 57.2. The molecule has 0 rings (SSSR count). The Morgan fingerprint density at radius 1 is 0.258 bits per heavy atom. The Hall–Kier alpha value is -0.790. The first-order valence-corrected chi connectivity index (χ1v) is 29.6. The second-order valence-electron chi connectivity index (χ2n) is 20.3. The minimum absolute atomic E-state index is 0.0318. The molecular weight excluding hydrogens is 753 g/mol. The molecule has 0 N–H and O–H groups in total. The number of rotatable bonds is 56.